The monoisotopic (exact) mass is 684 g/mol. The summed E-state index contributed by atoms with van der Waals surface area (Å²) < 4.78 is 0. The molecule has 266 valence electrons. The Balaban J connectivity index is 1.05. The topological polar surface area (TPSA) is 84.2 Å². The molecular formula is C45H52N2O4. The predicted molar refractivity (Wildman–Crippen MR) is 202 cm³/mol. The number of piperazine rings is 1. The molecule has 3 saturated carbocycles. The predicted octanol–water partition coefficient (Wildman–Crippen LogP) is 7.66. The maximum absolute atomic E-state index is 15.0. The highest BCUT2D eigenvalue weighted by Gasteiger charge is 2.74. The molecule has 6 heteroatoms. The van der Waals surface area contributed by atoms with Crippen LogP contribution in [0.25, 0.3) is 11.1 Å². The lowest BCUT2D eigenvalue weighted by Crippen LogP contribution is -2.67. The molecule has 8 unspecified atom stereocenters. The fourth-order valence-corrected chi connectivity index (χ4v) is 12.4. The maximum Gasteiger partial charge on any atom is 0.189 e. The number of aliphatic hydroxyl groups excluding tert-OH is 1. The number of hydrogen-bond acceptors (Lipinski definition) is 6. The number of aromatic hydroxyl groups is 1. The van der Waals surface area contributed by atoms with E-state index in [9.17, 15) is 15.3 Å². The average molecular weight is 685 g/mol. The third-order valence-electron chi connectivity index (χ3n) is 15.3. The second-order valence-electron chi connectivity index (χ2n) is 17.3. The molecule has 1 aliphatic heterocycles. The highest BCUT2D eigenvalue weighted by atomic mass is 16.3. The van der Waals surface area contributed by atoms with Gasteiger partial charge in [-0.2, -0.15) is 0 Å². The maximum atomic E-state index is 15.0. The van der Waals surface area contributed by atoms with Crippen LogP contribution < -0.4 is 4.90 Å². The third kappa shape index (κ3) is 4.68. The number of nitrogens with zero attached hydrogens (tertiary/aromatic N) is 2. The minimum absolute atomic E-state index is 0.0523. The smallest absolute Gasteiger partial charge is 0.189 e. The molecular weight excluding hydrogens is 633 g/mol. The number of carbonyl (C=O) groups is 1. The van der Waals surface area contributed by atoms with Crippen LogP contribution in [0, 0.1) is 33.5 Å². The summed E-state index contributed by atoms with van der Waals surface area (Å²) in [6.45, 7) is 8.68. The molecule has 8 atom stereocenters. The van der Waals surface area contributed by atoms with E-state index >= 15 is 4.79 Å². The average Bonchev–Trinajstić information content (AvgIpc) is 3.42. The summed E-state index contributed by atoms with van der Waals surface area (Å²) in [7, 11) is 0. The molecule has 7 aliphatic rings. The number of para-hydroxylation sites is 2. The number of phenols is 1. The Hall–Kier alpha value is -3.71. The van der Waals surface area contributed by atoms with Gasteiger partial charge in [0.1, 0.15) is 5.75 Å². The summed E-state index contributed by atoms with van der Waals surface area (Å²) in [4.78, 5) is 19.7. The van der Waals surface area contributed by atoms with Crippen molar-refractivity contribution in [3.63, 3.8) is 0 Å². The lowest BCUT2D eigenvalue weighted by atomic mass is 9.32. The molecule has 0 amide bonds. The SMILES string of the molecule is CC12CCC(O)CC13C=CC1(C(C(=O)c4ccc(-c5ccccc5)cc4)=C3)C2CCC2(C)C1CCC2(O)CN1CCN(c2ccccc2O)CC1. The first-order chi connectivity index (χ1) is 24.5. The van der Waals surface area contributed by atoms with Crippen LogP contribution in [0.4, 0.5) is 5.69 Å². The number of anilines is 1. The van der Waals surface area contributed by atoms with Crippen LogP contribution in [-0.2, 0) is 0 Å². The Bertz CT molecular complexity index is 1900. The lowest BCUT2D eigenvalue weighted by molar-refractivity contribution is -0.176. The first kappa shape index (κ1) is 33.1. The Morgan fingerprint density at radius 3 is 2.16 bits per heavy atom. The number of Topliss-reactive ketones (excluding diaryl/α,β-unsaturated/α-hetero) is 1. The van der Waals surface area contributed by atoms with E-state index in [0.29, 0.717) is 24.3 Å². The van der Waals surface area contributed by atoms with Crippen molar-refractivity contribution >= 4 is 11.5 Å². The quantitative estimate of drug-likeness (QED) is 0.183. The van der Waals surface area contributed by atoms with Crippen LogP contribution in [0.5, 0.6) is 5.75 Å². The Labute approximate surface area is 302 Å². The second kappa shape index (κ2) is 11.6. The van der Waals surface area contributed by atoms with E-state index in [1.807, 2.05) is 48.5 Å². The van der Waals surface area contributed by atoms with Gasteiger partial charge in [0, 0.05) is 60.1 Å². The zero-order valence-electron chi connectivity index (χ0n) is 30.1. The van der Waals surface area contributed by atoms with Crippen molar-refractivity contribution in [3.05, 3.63) is 108 Å². The van der Waals surface area contributed by atoms with E-state index in [1.165, 1.54) is 0 Å². The van der Waals surface area contributed by atoms with Gasteiger partial charge in [-0.1, -0.05) is 98.8 Å². The van der Waals surface area contributed by atoms with Crippen molar-refractivity contribution in [1.82, 2.24) is 4.90 Å². The number of β-amino-alcohol motifs (C(OH)–C–C–N with tert-alkyl or cyclic N) is 1. The highest BCUT2D eigenvalue weighted by molar-refractivity contribution is 6.10. The van der Waals surface area contributed by atoms with Crippen LogP contribution >= 0.6 is 0 Å². The Morgan fingerprint density at radius 2 is 1.41 bits per heavy atom. The summed E-state index contributed by atoms with van der Waals surface area (Å²) in [5.41, 5.74) is 2.63. The second-order valence-corrected chi connectivity index (χ2v) is 17.3. The van der Waals surface area contributed by atoms with Crippen LogP contribution in [0.3, 0.4) is 0 Å². The number of rotatable bonds is 6. The first-order valence-corrected chi connectivity index (χ1v) is 19.3. The standard InChI is InChI=1S/C45H52N2O4/c1-41-19-16-34(48)28-43(41)22-23-45(35(29-43)40(50)33-14-12-32(13-15-33)31-8-4-3-5-9-31)38(41)17-20-42(2)39(45)18-21-44(42,51)30-46-24-26-47(27-25-46)36-10-6-7-11-37(36)49/h3-15,22-23,29,34,38-39,48-49,51H,16-21,24-28,30H2,1-2H3. The molecule has 1 heterocycles. The van der Waals surface area contributed by atoms with Gasteiger partial charge in [0.05, 0.1) is 17.4 Å². The molecule has 2 spiro atoms. The van der Waals surface area contributed by atoms with Gasteiger partial charge in [0.15, 0.2) is 5.78 Å². The number of phenolic OH excluding ortho intramolecular Hbond substituents is 1. The number of carbonyl (C=O) groups excluding carboxylic acids is 1. The number of aliphatic hydroxyl groups is 2. The van der Waals surface area contributed by atoms with E-state index in [4.69, 9.17) is 0 Å². The van der Waals surface area contributed by atoms with Crippen molar-refractivity contribution in [2.45, 2.75) is 70.5 Å². The Kier molecular flexibility index (Phi) is 7.57. The van der Waals surface area contributed by atoms with Gasteiger partial charge in [-0.05, 0) is 85.5 Å². The number of allylic oxidation sites excluding steroid dienone is 4. The van der Waals surface area contributed by atoms with Crippen molar-refractivity contribution in [3.8, 4) is 16.9 Å². The molecule has 6 aliphatic carbocycles. The zero-order chi connectivity index (χ0) is 35.2. The van der Waals surface area contributed by atoms with Gasteiger partial charge in [-0.25, -0.2) is 0 Å². The molecule has 1 saturated heterocycles. The summed E-state index contributed by atoms with van der Waals surface area (Å²) in [5, 5.41) is 34.4. The van der Waals surface area contributed by atoms with Crippen molar-refractivity contribution in [2.24, 2.45) is 33.5 Å². The van der Waals surface area contributed by atoms with Crippen LogP contribution in [0.15, 0.2) is 103 Å². The number of hydrogen-bond donors (Lipinski definition) is 3. The largest absolute Gasteiger partial charge is 0.506 e. The molecule has 0 radical (unpaired) electrons. The normalized spacial score (nSPS) is 38.5. The van der Waals surface area contributed by atoms with Crippen molar-refractivity contribution in [1.29, 1.82) is 0 Å². The number of benzene rings is 3. The summed E-state index contributed by atoms with van der Waals surface area (Å²) in [6.07, 6.45) is 12.7. The Morgan fingerprint density at radius 1 is 0.765 bits per heavy atom. The van der Waals surface area contributed by atoms with E-state index in [0.717, 1.165) is 87.1 Å². The summed E-state index contributed by atoms with van der Waals surface area (Å²) in [5.74, 6) is 0.826. The molecule has 6 nitrogen and oxygen atoms in total. The van der Waals surface area contributed by atoms with E-state index < -0.39 is 11.0 Å². The van der Waals surface area contributed by atoms with Gasteiger partial charge in [0.2, 0.25) is 0 Å². The first-order valence-electron chi connectivity index (χ1n) is 19.3. The molecule has 0 aromatic heterocycles. The summed E-state index contributed by atoms with van der Waals surface area (Å²) >= 11 is 0. The van der Waals surface area contributed by atoms with Gasteiger partial charge >= 0.3 is 0 Å². The van der Waals surface area contributed by atoms with Gasteiger partial charge < -0.3 is 20.2 Å². The summed E-state index contributed by atoms with van der Waals surface area (Å²) in [6, 6.07) is 26.0. The highest BCUT2D eigenvalue weighted by Crippen LogP contribution is 2.78. The molecule has 51 heavy (non-hydrogen) atoms. The minimum atomic E-state index is -0.872. The van der Waals surface area contributed by atoms with Crippen LogP contribution in [-0.4, -0.2) is 70.4 Å². The number of fused-ring (bicyclic) bond motifs is 1. The van der Waals surface area contributed by atoms with Gasteiger partial charge in [-0.3, -0.25) is 9.69 Å². The lowest BCUT2D eigenvalue weighted by Gasteiger charge is -2.71. The third-order valence-corrected chi connectivity index (χ3v) is 15.3. The fraction of sp³-hybridized carbons (Fsp3) is 0.489. The molecule has 10 rings (SSSR count). The van der Waals surface area contributed by atoms with Gasteiger partial charge in [0.25, 0.3) is 0 Å². The van der Waals surface area contributed by atoms with Gasteiger partial charge in [-0.15, -0.1) is 0 Å². The molecule has 3 aromatic rings. The molecule has 3 N–H and O–H groups in total. The van der Waals surface area contributed by atoms with Crippen molar-refractivity contribution < 1.29 is 20.1 Å². The molecule has 4 fully saturated rings. The molecule has 3 aromatic carbocycles. The fourth-order valence-electron chi connectivity index (χ4n) is 12.4. The van der Waals surface area contributed by atoms with Crippen LogP contribution in [0.2, 0.25) is 0 Å². The number of ketones is 1. The van der Waals surface area contributed by atoms with Crippen LogP contribution in [0.1, 0.15) is 69.2 Å². The zero-order valence-corrected chi connectivity index (χ0v) is 30.1. The molecule has 2 bridgehead atoms. The van der Waals surface area contributed by atoms with E-state index in [1.54, 1.807) is 6.07 Å². The minimum Gasteiger partial charge on any atom is -0.506 e. The van der Waals surface area contributed by atoms with E-state index in [-0.39, 0.29) is 40.0 Å². The van der Waals surface area contributed by atoms with Crippen molar-refractivity contribution in [2.75, 3.05) is 37.6 Å². The van der Waals surface area contributed by atoms with E-state index in [2.05, 4.69) is 66.1 Å².